The van der Waals surface area contributed by atoms with Crippen LogP contribution in [0.3, 0.4) is 0 Å². The minimum atomic E-state index is -4.17. The molecule has 0 fully saturated rings. The molecule has 1 aromatic carbocycles. The van der Waals surface area contributed by atoms with Crippen molar-refractivity contribution in [2.24, 2.45) is 0 Å². The molecule has 0 saturated heterocycles. The SMILES string of the molecule is Cc1ccc(C)c(C(=O)COCCCC(F)(F)F)c1. The lowest BCUT2D eigenvalue weighted by Gasteiger charge is -2.08. The molecule has 19 heavy (non-hydrogen) atoms. The first-order valence-electron chi connectivity index (χ1n) is 6.04. The van der Waals surface area contributed by atoms with Gasteiger partial charge in [-0.2, -0.15) is 13.2 Å². The summed E-state index contributed by atoms with van der Waals surface area (Å²) in [5.41, 5.74) is 2.37. The number of rotatable bonds is 6. The van der Waals surface area contributed by atoms with Gasteiger partial charge in [0.2, 0.25) is 0 Å². The Labute approximate surface area is 110 Å². The second-order valence-electron chi connectivity index (χ2n) is 4.51. The van der Waals surface area contributed by atoms with E-state index in [9.17, 15) is 18.0 Å². The van der Waals surface area contributed by atoms with Gasteiger partial charge in [0.25, 0.3) is 0 Å². The van der Waals surface area contributed by atoms with E-state index in [0.29, 0.717) is 5.56 Å². The van der Waals surface area contributed by atoms with Gasteiger partial charge < -0.3 is 4.74 Å². The second kappa shape index (κ2) is 6.70. The fraction of sp³-hybridized carbons (Fsp3) is 0.500. The summed E-state index contributed by atoms with van der Waals surface area (Å²) in [7, 11) is 0. The Kier molecular flexibility index (Phi) is 5.54. The molecule has 1 rings (SSSR count). The van der Waals surface area contributed by atoms with Crippen LogP contribution >= 0.6 is 0 Å². The van der Waals surface area contributed by atoms with E-state index in [2.05, 4.69) is 0 Å². The van der Waals surface area contributed by atoms with Crippen molar-refractivity contribution >= 4 is 5.78 Å². The first kappa shape index (κ1) is 15.7. The summed E-state index contributed by atoms with van der Waals surface area (Å²) in [5, 5.41) is 0. The van der Waals surface area contributed by atoms with Gasteiger partial charge in [0.15, 0.2) is 5.78 Å². The smallest absolute Gasteiger partial charge is 0.373 e. The van der Waals surface area contributed by atoms with E-state index >= 15 is 0 Å². The summed E-state index contributed by atoms with van der Waals surface area (Å²) in [6.45, 7) is 3.45. The molecule has 0 aliphatic carbocycles. The number of ketones is 1. The number of Topliss-reactive ketones (excluding diaryl/α,β-unsaturated/α-hetero) is 1. The average Bonchev–Trinajstić information content (AvgIpc) is 2.30. The second-order valence-corrected chi connectivity index (χ2v) is 4.51. The molecule has 0 radical (unpaired) electrons. The standard InChI is InChI=1S/C14H17F3O2/c1-10-4-5-11(2)12(8-10)13(18)9-19-7-3-6-14(15,16)17/h4-5,8H,3,6-7,9H2,1-2H3. The minimum absolute atomic E-state index is 0.0594. The Morgan fingerprint density at radius 3 is 2.58 bits per heavy atom. The summed E-state index contributed by atoms with van der Waals surface area (Å²) in [4.78, 5) is 11.8. The maximum atomic E-state index is 11.9. The van der Waals surface area contributed by atoms with Crippen LogP contribution in [0.15, 0.2) is 18.2 Å². The Balaban J connectivity index is 2.38. The average molecular weight is 274 g/mol. The van der Waals surface area contributed by atoms with Gasteiger partial charge in [0.1, 0.15) is 6.61 Å². The zero-order valence-corrected chi connectivity index (χ0v) is 11.0. The van der Waals surface area contributed by atoms with Crippen molar-refractivity contribution < 1.29 is 22.7 Å². The molecular formula is C14H17F3O2. The fourth-order valence-corrected chi connectivity index (χ4v) is 1.65. The number of benzene rings is 1. The zero-order chi connectivity index (χ0) is 14.5. The molecule has 0 unspecified atom stereocenters. The van der Waals surface area contributed by atoms with E-state index in [4.69, 9.17) is 4.74 Å². The van der Waals surface area contributed by atoms with Gasteiger partial charge in [0, 0.05) is 18.6 Å². The summed E-state index contributed by atoms with van der Waals surface area (Å²) >= 11 is 0. The molecule has 0 atom stereocenters. The van der Waals surface area contributed by atoms with Crippen molar-refractivity contribution in [3.63, 3.8) is 0 Å². The van der Waals surface area contributed by atoms with Gasteiger partial charge in [-0.1, -0.05) is 17.7 Å². The van der Waals surface area contributed by atoms with E-state index in [1.807, 2.05) is 26.0 Å². The monoisotopic (exact) mass is 274 g/mol. The van der Waals surface area contributed by atoms with E-state index < -0.39 is 12.6 Å². The number of ether oxygens (including phenoxy) is 1. The molecule has 0 aliphatic rings. The topological polar surface area (TPSA) is 26.3 Å². The quantitative estimate of drug-likeness (QED) is 0.582. The van der Waals surface area contributed by atoms with Gasteiger partial charge >= 0.3 is 6.18 Å². The van der Waals surface area contributed by atoms with Crippen molar-refractivity contribution in [3.05, 3.63) is 34.9 Å². The van der Waals surface area contributed by atoms with Crippen molar-refractivity contribution in [1.29, 1.82) is 0 Å². The molecule has 0 N–H and O–H groups in total. The Morgan fingerprint density at radius 2 is 1.95 bits per heavy atom. The Morgan fingerprint density at radius 1 is 1.26 bits per heavy atom. The summed E-state index contributed by atoms with van der Waals surface area (Å²) in [5.74, 6) is -0.201. The summed E-state index contributed by atoms with van der Waals surface area (Å²) < 4.78 is 40.6. The molecule has 106 valence electrons. The predicted octanol–water partition coefficient (Wildman–Crippen LogP) is 3.85. The molecule has 0 amide bonds. The van der Waals surface area contributed by atoms with E-state index in [1.54, 1.807) is 6.07 Å². The van der Waals surface area contributed by atoms with Crippen molar-refractivity contribution in [2.45, 2.75) is 32.9 Å². The van der Waals surface area contributed by atoms with E-state index in [0.717, 1.165) is 11.1 Å². The van der Waals surface area contributed by atoms with Crippen LogP contribution in [0.5, 0.6) is 0 Å². The Bertz CT molecular complexity index is 439. The summed E-state index contributed by atoms with van der Waals surface area (Å²) in [6, 6.07) is 5.50. The van der Waals surface area contributed by atoms with Crippen LogP contribution in [0.4, 0.5) is 13.2 Å². The molecular weight excluding hydrogens is 257 g/mol. The molecule has 0 spiro atoms. The normalized spacial score (nSPS) is 11.6. The Hall–Kier alpha value is -1.36. The summed E-state index contributed by atoms with van der Waals surface area (Å²) in [6.07, 6.45) is -5.17. The minimum Gasteiger partial charge on any atom is -0.373 e. The van der Waals surface area contributed by atoms with Crippen LogP contribution in [0, 0.1) is 13.8 Å². The highest BCUT2D eigenvalue weighted by atomic mass is 19.4. The molecule has 0 aromatic heterocycles. The fourth-order valence-electron chi connectivity index (χ4n) is 1.65. The van der Waals surface area contributed by atoms with Gasteiger partial charge in [-0.25, -0.2) is 0 Å². The molecule has 2 nitrogen and oxygen atoms in total. The maximum absolute atomic E-state index is 11.9. The maximum Gasteiger partial charge on any atom is 0.389 e. The number of halogens is 3. The third-order valence-corrected chi connectivity index (χ3v) is 2.68. The largest absolute Gasteiger partial charge is 0.389 e. The molecule has 5 heteroatoms. The van der Waals surface area contributed by atoms with Crippen LogP contribution in [0.2, 0.25) is 0 Å². The van der Waals surface area contributed by atoms with Gasteiger partial charge in [0.05, 0.1) is 0 Å². The van der Waals surface area contributed by atoms with Gasteiger partial charge in [-0.15, -0.1) is 0 Å². The third-order valence-electron chi connectivity index (χ3n) is 2.68. The highest BCUT2D eigenvalue weighted by Gasteiger charge is 2.26. The van der Waals surface area contributed by atoms with E-state index in [1.165, 1.54) is 0 Å². The highest BCUT2D eigenvalue weighted by molar-refractivity contribution is 5.98. The molecule has 1 aromatic rings. The number of hydrogen-bond acceptors (Lipinski definition) is 2. The number of carbonyl (C=O) groups is 1. The van der Waals surface area contributed by atoms with Crippen molar-refractivity contribution in [3.8, 4) is 0 Å². The number of alkyl halides is 3. The van der Waals surface area contributed by atoms with Gasteiger partial charge in [-0.3, -0.25) is 4.79 Å². The first-order chi connectivity index (χ1) is 8.79. The van der Waals surface area contributed by atoms with Crippen LogP contribution in [0.1, 0.15) is 34.3 Å². The lowest BCUT2D eigenvalue weighted by Crippen LogP contribution is -2.13. The highest BCUT2D eigenvalue weighted by Crippen LogP contribution is 2.21. The first-order valence-corrected chi connectivity index (χ1v) is 6.04. The van der Waals surface area contributed by atoms with Crippen LogP contribution < -0.4 is 0 Å². The van der Waals surface area contributed by atoms with Crippen molar-refractivity contribution in [2.75, 3.05) is 13.2 Å². The predicted molar refractivity (Wildman–Crippen MR) is 66.4 cm³/mol. The zero-order valence-electron chi connectivity index (χ0n) is 11.0. The molecule has 0 aliphatic heterocycles. The third kappa shape index (κ3) is 5.87. The van der Waals surface area contributed by atoms with Gasteiger partial charge in [-0.05, 0) is 31.9 Å². The van der Waals surface area contributed by atoms with Crippen LogP contribution in [-0.4, -0.2) is 25.2 Å². The van der Waals surface area contributed by atoms with Crippen LogP contribution in [0.25, 0.3) is 0 Å². The molecule has 0 heterocycles. The van der Waals surface area contributed by atoms with E-state index in [-0.39, 0.29) is 25.4 Å². The lowest BCUT2D eigenvalue weighted by molar-refractivity contribution is -0.137. The van der Waals surface area contributed by atoms with Crippen LogP contribution in [-0.2, 0) is 4.74 Å². The van der Waals surface area contributed by atoms with Crippen molar-refractivity contribution in [1.82, 2.24) is 0 Å². The molecule has 0 bridgehead atoms. The molecule has 0 saturated carbocycles. The number of hydrogen-bond donors (Lipinski definition) is 0. The number of aryl methyl sites for hydroxylation is 2. The lowest BCUT2D eigenvalue weighted by atomic mass is 10.0. The number of carbonyl (C=O) groups excluding carboxylic acids is 1.